The van der Waals surface area contributed by atoms with E-state index < -0.39 is 48.2 Å². The molecule has 0 spiro atoms. The van der Waals surface area contributed by atoms with E-state index in [1.54, 1.807) is 18.2 Å². The molecule has 0 N–H and O–H groups in total. The average Bonchev–Trinajstić information content (AvgIpc) is 2.76. The summed E-state index contributed by atoms with van der Waals surface area (Å²) in [6, 6.07) is 19.0. The molecule has 3 aromatic carbocycles. The van der Waals surface area contributed by atoms with Gasteiger partial charge in [0.05, 0.1) is 0 Å². The van der Waals surface area contributed by atoms with Gasteiger partial charge >= 0.3 is 73.0 Å². The van der Waals surface area contributed by atoms with Crippen LogP contribution < -0.4 is 12.4 Å². The molecule has 0 atom stereocenters. The Morgan fingerprint density at radius 1 is 0.435 bits per heavy atom. The fourth-order valence-electron chi connectivity index (χ4n) is 1.90. The minimum atomic E-state index is -9.19. The summed E-state index contributed by atoms with van der Waals surface area (Å²) in [6.45, 7) is 0. The fraction of sp³-hybridized carbons (Fsp3) is 0.0952. The number of alkyl halides is 6. The summed E-state index contributed by atoms with van der Waals surface area (Å²) in [5.74, 6) is -0.906. The van der Waals surface area contributed by atoms with Gasteiger partial charge in [-0.1, -0.05) is 112 Å². The first-order valence-electron chi connectivity index (χ1n) is 10.0. The van der Waals surface area contributed by atoms with Gasteiger partial charge in [0.25, 0.3) is 3.25 Å². The zero-order valence-electron chi connectivity index (χ0n) is 21.1. The molecule has 3 aromatic rings. The van der Waals surface area contributed by atoms with Crippen molar-refractivity contribution in [2.75, 3.05) is 0 Å². The molecule has 46 heavy (non-hydrogen) atoms. The van der Waals surface area contributed by atoms with E-state index in [0.717, 1.165) is 0 Å². The van der Waals surface area contributed by atoms with Gasteiger partial charge in [0.1, 0.15) is 17.5 Å². The maximum absolute atomic E-state index is 12.8. The monoisotopic (exact) mass is 1100 g/mol. The van der Waals surface area contributed by atoms with Gasteiger partial charge in [-0.15, -0.1) is 0 Å². The predicted octanol–water partition coefficient (Wildman–Crippen LogP) is 11.6. The molecule has 0 heterocycles. The number of rotatable bonds is 2. The van der Waals surface area contributed by atoms with E-state index >= 15 is 0 Å². The molecule has 0 aliphatic heterocycles. The van der Waals surface area contributed by atoms with Crippen molar-refractivity contribution in [1.29, 1.82) is 0 Å². The number of hydrogen-bond acceptors (Lipinski definition) is 0. The molecular formula is C21H13Cl10F13Sb2. The molecule has 0 saturated carbocycles. The van der Waals surface area contributed by atoms with E-state index in [1.807, 2.05) is 0 Å². The van der Waals surface area contributed by atoms with Crippen molar-refractivity contribution in [3.63, 3.8) is 0 Å². The van der Waals surface area contributed by atoms with E-state index in [2.05, 4.69) is 0 Å². The summed E-state index contributed by atoms with van der Waals surface area (Å²) >= 11 is 27.5. The molecule has 0 saturated heterocycles. The van der Waals surface area contributed by atoms with Crippen LogP contribution in [0, 0.1) is 21.7 Å². The molecule has 0 aromatic heterocycles. The van der Waals surface area contributed by atoms with Crippen LogP contribution in [0.2, 0.25) is 0 Å². The second kappa shape index (κ2) is 22.9. The molecule has 25 heteroatoms. The first-order valence-corrected chi connectivity index (χ1v) is 23.1. The predicted molar refractivity (Wildman–Crippen MR) is 161 cm³/mol. The second-order valence-electron chi connectivity index (χ2n) is 6.80. The normalized spacial score (nSPS) is 12.5. The minimum absolute atomic E-state index is 0. The van der Waals surface area contributed by atoms with Crippen LogP contribution in [-0.4, -0.2) is 43.9 Å². The SMILES string of the molecule is ClC(Cl)(Cl)Cl.Cl[C+](Cl)Cl.Fc1ccc(C(Cl)(Cl)c2ccc(F)cc2)cc1.Fc1ccccc1.[Cl-].[F][Sb]([F])([F])([F])[F].[F][Sb]([F])([F])([F])[F]. The summed E-state index contributed by atoms with van der Waals surface area (Å²) in [4.78, 5) is 0. The molecule has 0 fully saturated rings. The molecule has 268 valence electrons. The number of benzene rings is 3. The average molecular weight is 1110 g/mol. The van der Waals surface area contributed by atoms with Crippen LogP contribution in [0.1, 0.15) is 11.1 Å². The summed E-state index contributed by atoms with van der Waals surface area (Å²) in [5.41, 5.74) is 1.07. The Morgan fingerprint density at radius 2 is 0.609 bits per heavy atom. The van der Waals surface area contributed by atoms with E-state index in [-0.39, 0.29) is 34.2 Å². The molecule has 0 aliphatic carbocycles. The molecule has 3 rings (SSSR count). The van der Waals surface area contributed by atoms with Gasteiger partial charge in [-0.2, -0.15) is 0 Å². The van der Waals surface area contributed by atoms with Gasteiger partial charge in [-0.3, -0.25) is 0 Å². The van der Waals surface area contributed by atoms with E-state index in [4.69, 9.17) is 104 Å². The zero-order chi connectivity index (χ0) is 36.6. The van der Waals surface area contributed by atoms with Crippen molar-refractivity contribution in [1.82, 2.24) is 0 Å². The van der Waals surface area contributed by atoms with Gasteiger partial charge in [0.2, 0.25) is 0 Å². The first-order chi connectivity index (χ1) is 19.6. The van der Waals surface area contributed by atoms with Crippen LogP contribution in [0.15, 0.2) is 78.9 Å². The Labute approximate surface area is 314 Å². The summed E-state index contributed by atoms with van der Waals surface area (Å²) in [5, 5.41) is 0. The Morgan fingerprint density at radius 3 is 0.761 bits per heavy atom. The molecule has 0 amide bonds. The van der Waals surface area contributed by atoms with Crippen molar-refractivity contribution in [3.8, 4) is 0 Å². The van der Waals surface area contributed by atoms with E-state index in [0.29, 0.717) is 11.1 Å². The molecule has 0 unspecified atom stereocenters. The molecule has 0 radical (unpaired) electrons. The summed E-state index contributed by atoms with van der Waals surface area (Å²) in [7, 11) is 0. The van der Waals surface area contributed by atoms with Crippen molar-refractivity contribution in [2.45, 2.75) is 7.59 Å². The van der Waals surface area contributed by atoms with Crippen LogP contribution >= 0.6 is 104 Å². The Balaban J connectivity index is -0.000000256. The molecule has 0 aliphatic rings. The topological polar surface area (TPSA) is 0 Å². The number of halogens is 23. The third-order valence-electron chi connectivity index (χ3n) is 3.15. The van der Waals surface area contributed by atoms with Gasteiger partial charge in [0.15, 0.2) is 39.1 Å². The van der Waals surface area contributed by atoms with Gasteiger partial charge in [-0.25, -0.2) is 13.2 Å². The fourth-order valence-corrected chi connectivity index (χ4v) is 2.40. The standard InChI is InChI=1S/C13H8Cl2F2.C6H5F.CCl4.CCl3.ClH.10FH.2Sb/c14-13(15,9-1-5-11(16)6-2-9)10-3-7-12(17)8-4-10;7-6-4-2-1-3-5-6;2-1(3,4)5;2-1(3)4;;;;;;;;;;;;;/h1-8H;1-5H;;;11*1H;;/q;;;+1;;;;;;;;;;;;2*+5/p-11. The Kier molecular flexibility index (Phi) is 26.8. The Hall–Kier alpha value is 1.16. The zero-order valence-corrected chi connectivity index (χ0v) is 33.8. The molecule has 0 bridgehead atoms. The van der Waals surface area contributed by atoms with Crippen molar-refractivity contribution in [2.24, 2.45) is 0 Å². The van der Waals surface area contributed by atoms with Crippen molar-refractivity contribution >= 4 is 145 Å². The summed E-state index contributed by atoms with van der Waals surface area (Å²) in [6.07, 6.45) is 0. The van der Waals surface area contributed by atoms with Crippen LogP contribution in [0.4, 0.5) is 41.3 Å². The quantitative estimate of drug-likeness (QED) is 0.104. The third kappa shape index (κ3) is 52.0. The van der Waals surface area contributed by atoms with Gasteiger partial charge < -0.3 is 12.4 Å². The second-order valence-corrected chi connectivity index (χ2v) is 20.6. The first kappa shape index (κ1) is 53.9. The van der Waals surface area contributed by atoms with Crippen LogP contribution in [-0.2, 0) is 4.33 Å². The summed E-state index contributed by atoms with van der Waals surface area (Å²) < 4.78 is 133. The van der Waals surface area contributed by atoms with Gasteiger partial charge in [0, 0.05) is 0 Å². The molecular weight excluding hydrogens is 1100 g/mol. The van der Waals surface area contributed by atoms with E-state index in [9.17, 15) is 41.3 Å². The van der Waals surface area contributed by atoms with Crippen LogP contribution in [0.3, 0.4) is 0 Å². The van der Waals surface area contributed by atoms with Crippen molar-refractivity contribution < 1.29 is 53.7 Å². The van der Waals surface area contributed by atoms with Crippen LogP contribution in [0.5, 0.6) is 0 Å². The van der Waals surface area contributed by atoms with Crippen LogP contribution in [0.25, 0.3) is 0 Å². The maximum atomic E-state index is 12.8. The van der Waals surface area contributed by atoms with E-state index in [1.165, 1.54) is 60.7 Å². The molecule has 0 nitrogen and oxygen atoms in total. The number of hydrogen-bond donors (Lipinski definition) is 0. The van der Waals surface area contributed by atoms with Crippen molar-refractivity contribution in [3.05, 3.63) is 112 Å². The Bertz CT molecular complexity index is 1110. The third-order valence-corrected chi connectivity index (χ3v) is 4.02. The van der Waals surface area contributed by atoms with Gasteiger partial charge in [-0.05, 0) is 47.5 Å².